The van der Waals surface area contributed by atoms with Crippen LogP contribution in [-0.4, -0.2) is 90.2 Å². The van der Waals surface area contributed by atoms with Crippen molar-refractivity contribution in [3.05, 3.63) is 106 Å². The molecule has 4 heterocycles. The largest absolute Gasteiger partial charge is 0.475 e. The molecule has 0 unspecified atom stereocenters. The Balaban J connectivity index is 0.934. The van der Waals surface area contributed by atoms with Crippen molar-refractivity contribution in [1.29, 1.82) is 0 Å². The summed E-state index contributed by atoms with van der Waals surface area (Å²) in [5.74, 6) is -4.52. The average molecular weight is 974 g/mol. The van der Waals surface area contributed by atoms with Gasteiger partial charge >= 0.3 is 0 Å². The molecule has 2 saturated carbocycles. The van der Waals surface area contributed by atoms with E-state index < -0.39 is 48.8 Å². The second kappa shape index (κ2) is 18.8. The van der Waals surface area contributed by atoms with E-state index in [1.807, 2.05) is 12.1 Å². The number of halogens is 3. The van der Waals surface area contributed by atoms with E-state index in [1.165, 1.54) is 24.3 Å². The smallest absolute Gasteiger partial charge is 0.293 e. The zero-order valence-electron chi connectivity index (χ0n) is 38.9. The second-order valence-corrected chi connectivity index (χ2v) is 21.4. The van der Waals surface area contributed by atoms with Gasteiger partial charge in [-0.1, -0.05) is 30.7 Å². The normalized spacial score (nSPS) is 22.9. The Labute approximate surface area is 399 Å². The first-order valence-electron chi connectivity index (χ1n) is 23.7. The van der Waals surface area contributed by atoms with Crippen molar-refractivity contribution < 1.29 is 45.9 Å². The number of likely N-dealkylation sites (tertiary alicyclic amines) is 1. The van der Waals surface area contributed by atoms with Crippen LogP contribution < -0.4 is 24.4 Å². The minimum absolute atomic E-state index is 0.00144. The zero-order chi connectivity index (χ0) is 48.9. The predicted molar refractivity (Wildman–Crippen MR) is 254 cm³/mol. The molecule has 0 radical (unpaired) electrons. The number of H-pyrrole nitrogens is 1. The lowest BCUT2D eigenvalue weighted by Crippen LogP contribution is -2.63. The molecule has 9 rings (SSSR count). The number of nitrogens with one attached hydrogen (secondary N) is 3. The highest BCUT2D eigenvalue weighted by Gasteiger charge is 2.50. The first-order chi connectivity index (χ1) is 32.8. The number of alkyl halides is 2. The summed E-state index contributed by atoms with van der Waals surface area (Å²) in [6, 6.07) is 16.6. The summed E-state index contributed by atoms with van der Waals surface area (Å²) in [6.07, 6.45) is 8.32. The molecule has 1 amide bonds. The van der Waals surface area contributed by atoms with E-state index in [2.05, 4.69) is 29.8 Å². The van der Waals surface area contributed by atoms with Gasteiger partial charge in [-0.15, -0.1) is 0 Å². The number of anilines is 2. The summed E-state index contributed by atoms with van der Waals surface area (Å²) >= 11 is 0. The van der Waals surface area contributed by atoms with Gasteiger partial charge < -0.3 is 29.8 Å². The number of aromatic amines is 1. The molecule has 15 nitrogen and oxygen atoms in total. The van der Waals surface area contributed by atoms with Crippen LogP contribution in [0.2, 0.25) is 0 Å². The van der Waals surface area contributed by atoms with Gasteiger partial charge in [-0.3, -0.25) is 19.8 Å². The lowest BCUT2D eigenvalue weighted by molar-refractivity contribution is -0.384. The van der Waals surface area contributed by atoms with Gasteiger partial charge in [-0.2, -0.15) is 4.98 Å². The van der Waals surface area contributed by atoms with Crippen LogP contribution in [0.5, 0.6) is 17.4 Å². The number of nitro benzene ring substituents is 1. The van der Waals surface area contributed by atoms with Crippen LogP contribution in [0.15, 0.2) is 77.8 Å². The van der Waals surface area contributed by atoms with E-state index in [4.69, 9.17) is 9.47 Å². The summed E-state index contributed by atoms with van der Waals surface area (Å²) in [7, 11) is -4.69. The Bertz CT molecular complexity index is 2850. The fraction of sp³-hybridized carbons (Fsp3) is 0.480. The maximum absolute atomic E-state index is 14.9. The lowest BCUT2D eigenvalue weighted by Gasteiger charge is -2.57. The Kier molecular flexibility index (Phi) is 13.1. The van der Waals surface area contributed by atoms with Gasteiger partial charge in [-0.05, 0) is 112 Å². The zero-order valence-corrected chi connectivity index (χ0v) is 39.7. The highest BCUT2D eigenvalue weighted by molar-refractivity contribution is 7.90. The molecule has 3 aromatic carbocycles. The van der Waals surface area contributed by atoms with E-state index in [1.54, 1.807) is 38.1 Å². The van der Waals surface area contributed by atoms with Crippen LogP contribution in [0.1, 0.15) is 106 Å². The molecule has 2 aliphatic carbocycles. The molecule has 4 fully saturated rings. The third-order valence-corrected chi connectivity index (χ3v) is 16.1. The van der Waals surface area contributed by atoms with Crippen LogP contribution in [0.4, 0.5) is 30.2 Å². The number of aromatic nitrogens is 2. The number of sulfonamides is 1. The first kappa shape index (κ1) is 48.1. The highest BCUT2D eigenvalue weighted by Crippen LogP contribution is 2.50. The molecule has 4 aliphatic rings. The summed E-state index contributed by atoms with van der Waals surface area (Å²) in [5.41, 5.74) is 0.474. The number of hydrogen-bond donors (Lipinski definition) is 4. The summed E-state index contributed by atoms with van der Waals surface area (Å²) < 4.78 is 86.1. The Morgan fingerprint density at radius 1 is 1.01 bits per heavy atom. The minimum atomic E-state index is -4.69. The number of rotatable bonds is 15. The molecular formula is C50H58F3N7O8S. The maximum atomic E-state index is 14.9. The molecule has 69 heavy (non-hydrogen) atoms. The Morgan fingerprint density at radius 2 is 1.75 bits per heavy atom. The predicted octanol–water partition coefficient (Wildman–Crippen LogP) is 9.62. The van der Waals surface area contributed by atoms with Crippen LogP contribution in [0.3, 0.4) is 0 Å². The molecule has 1 spiro atoms. The van der Waals surface area contributed by atoms with Gasteiger partial charge in [0, 0.05) is 81.3 Å². The number of pyridine rings is 1. The number of benzene rings is 3. The van der Waals surface area contributed by atoms with Gasteiger partial charge in [0.05, 0.1) is 33.0 Å². The van der Waals surface area contributed by atoms with E-state index in [0.29, 0.717) is 38.2 Å². The number of carbonyl (C=O) groups is 1. The molecular weight excluding hydrogens is 916 g/mol. The lowest BCUT2D eigenvalue weighted by atomic mass is 9.70. The van der Waals surface area contributed by atoms with Crippen LogP contribution >= 0.6 is 0 Å². The van der Waals surface area contributed by atoms with E-state index in [9.17, 15) is 41.6 Å². The summed E-state index contributed by atoms with van der Waals surface area (Å²) in [4.78, 5) is 36.9. The van der Waals surface area contributed by atoms with Crippen molar-refractivity contribution in [1.82, 2.24) is 19.6 Å². The molecule has 2 saturated heterocycles. The van der Waals surface area contributed by atoms with Crippen molar-refractivity contribution in [3.63, 3.8) is 0 Å². The van der Waals surface area contributed by atoms with Gasteiger partial charge in [0.1, 0.15) is 22.9 Å². The number of hydrogen-bond acceptors (Lipinski definition) is 12. The monoisotopic (exact) mass is 973 g/mol. The maximum Gasteiger partial charge on any atom is 0.293 e. The van der Waals surface area contributed by atoms with Crippen molar-refractivity contribution in [2.75, 3.05) is 49.5 Å². The highest BCUT2D eigenvalue weighted by atomic mass is 32.2. The molecule has 2 aliphatic heterocycles. The molecule has 2 aromatic heterocycles. The third kappa shape index (κ3) is 10.1. The molecule has 5 aromatic rings. The number of nitro groups is 1. The molecule has 0 bridgehead atoms. The number of ether oxygens (including phenoxy) is 2. The van der Waals surface area contributed by atoms with Crippen LogP contribution in [-0.2, 0) is 15.9 Å². The van der Waals surface area contributed by atoms with Crippen LogP contribution in [0, 0.1) is 27.3 Å². The molecule has 19 heteroatoms. The summed E-state index contributed by atoms with van der Waals surface area (Å²) in [5, 5.41) is 25.7. The summed E-state index contributed by atoms with van der Waals surface area (Å²) in [6.45, 7) is 8.10. The number of piperidine rings is 1. The van der Waals surface area contributed by atoms with Crippen molar-refractivity contribution in [3.8, 4) is 17.4 Å². The number of fused-ring (bicyclic) bond motifs is 1. The van der Waals surface area contributed by atoms with E-state index in [0.717, 1.165) is 82.8 Å². The average Bonchev–Trinajstić information content (AvgIpc) is 3.93. The van der Waals surface area contributed by atoms with Crippen molar-refractivity contribution in [2.24, 2.45) is 11.3 Å². The molecule has 4 N–H and O–H groups in total. The number of nitrogens with zero attached hydrogens (tertiary/aromatic N) is 4. The second-order valence-electron chi connectivity index (χ2n) is 19.7. The number of amides is 1. The number of aliphatic hydroxyl groups is 1. The standard InChI is InChI=1S/C50H58F3N7O8S/c1-4-67-47-44(26-37-39(51)28-55-45(37)56-47)68-43-24-32(58-22-20-50(21-23-58)29-59(30-50)41-11-7-9-35(41)34-8-5-6-10-38(34)49(3,52)53)12-14-36(43)46(61)57-69(65,66)33-13-15-40(42(25-33)60(63)64)54-27-31-16-18-48(2,62)19-17-31/h5-6,8,10,12-15,24-26,28,31,35,41,54,62H,4,7,9,11,16-23,27,29-30H2,1-3H3,(H,55,56)(H,57,61)/t31?,35-,41-,48?/m1/s1. The minimum Gasteiger partial charge on any atom is -0.475 e. The van der Waals surface area contributed by atoms with E-state index >= 15 is 0 Å². The number of carbonyl (C=O) groups excluding carboxylic acids is 1. The Hall–Kier alpha value is -5.92. The SMILES string of the molecule is CCOc1nc2[nH]cc(F)c2cc1Oc1cc(N2CCC3(CC2)CN([C@@H]2CCC[C@@H]2c2ccccc2C(C)(F)F)C3)ccc1C(=O)NS(=O)(=O)c1ccc(NCC2CCC(C)(O)CC2)c([N+](=O)[O-])c1. The van der Waals surface area contributed by atoms with Gasteiger partial charge in [0.15, 0.2) is 5.75 Å². The molecule has 368 valence electrons. The van der Waals surface area contributed by atoms with Gasteiger partial charge in [0.25, 0.3) is 33.4 Å². The Morgan fingerprint density at radius 3 is 2.46 bits per heavy atom. The fourth-order valence-corrected chi connectivity index (χ4v) is 11.9. The van der Waals surface area contributed by atoms with Crippen molar-refractivity contribution in [2.45, 2.75) is 107 Å². The third-order valence-electron chi connectivity index (χ3n) is 14.8. The first-order valence-corrected chi connectivity index (χ1v) is 25.2. The van der Waals surface area contributed by atoms with Crippen molar-refractivity contribution >= 4 is 44.0 Å². The topological polar surface area (TPSA) is 192 Å². The quantitative estimate of drug-likeness (QED) is 0.0575. The van der Waals surface area contributed by atoms with E-state index in [-0.39, 0.29) is 75.1 Å². The van der Waals surface area contributed by atoms with Gasteiger partial charge in [-0.25, -0.2) is 26.3 Å². The van der Waals surface area contributed by atoms with Crippen LogP contribution in [0.25, 0.3) is 11.0 Å². The fourth-order valence-electron chi connectivity index (χ4n) is 10.9. The van der Waals surface area contributed by atoms with Gasteiger partial charge in [0.2, 0.25) is 0 Å². The molecule has 2 atom stereocenters.